The molecule has 1 aromatic heterocycles. The maximum atomic E-state index is 12.1. The number of imidazole rings is 1. The molecule has 0 spiro atoms. The Morgan fingerprint density at radius 3 is 2.94 bits per heavy atom. The van der Waals surface area contributed by atoms with Gasteiger partial charge in [0.25, 0.3) is 5.91 Å². The number of nitrogens with one attached hydrogen (secondary N) is 1. The van der Waals surface area contributed by atoms with Crippen molar-refractivity contribution in [1.29, 1.82) is 0 Å². The number of aromatic nitrogens is 2. The number of hydrogen-bond donors (Lipinski definition) is 2. The summed E-state index contributed by atoms with van der Waals surface area (Å²) in [7, 11) is 3.47. The molecule has 2 N–H and O–H groups in total. The third kappa shape index (κ3) is 1.81. The molecular weight excluding hydrogens is 208 g/mol. The zero-order valence-corrected chi connectivity index (χ0v) is 9.42. The molecule has 16 heavy (non-hydrogen) atoms. The average Bonchev–Trinajstić information content (AvgIpc) is 2.85. The minimum absolute atomic E-state index is 0.166. The second-order valence-electron chi connectivity index (χ2n) is 4.07. The molecule has 6 heteroatoms. The summed E-state index contributed by atoms with van der Waals surface area (Å²) >= 11 is 0. The molecular formula is C10H16N4O2. The zero-order chi connectivity index (χ0) is 11.7. The molecule has 0 aromatic carbocycles. The highest BCUT2D eigenvalue weighted by atomic mass is 16.3. The van der Waals surface area contributed by atoms with Crippen LogP contribution in [0.1, 0.15) is 10.6 Å². The number of aliphatic hydroxyl groups excluding tert-OH is 1. The number of amides is 1. The Hall–Kier alpha value is -1.40. The van der Waals surface area contributed by atoms with Gasteiger partial charge < -0.3 is 19.9 Å². The normalized spacial score (nSPS) is 24.7. The van der Waals surface area contributed by atoms with E-state index in [1.54, 1.807) is 36.0 Å². The summed E-state index contributed by atoms with van der Waals surface area (Å²) in [6, 6.07) is -0.177. The summed E-state index contributed by atoms with van der Waals surface area (Å²) in [5.41, 5.74) is 0. The maximum Gasteiger partial charge on any atom is 0.289 e. The van der Waals surface area contributed by atoms with Gasteiger partial charge in [0, 0.05) is 39.6 Å². The molecule has 1 fully saturated rings. The minimum Gasteiger partial charge on any atom is -0.390 e. The predicted molar refractivity (Wildman–Crippen MR) is 58.0 cm³/mol. The van der Waals surface area contributed by atoms with Gasteiger partial charge in [-0.1, -0.05) is 0 Å². The molecule has 2 heterocycles. The molecule has 0 radical (unpaired) electrons. The van der Waals surface area contributed by atoms with Crippen LogP contribution >= 0.6 is 0 Å². The van der Waals surface area contributed by atoms with Gasteiger partial charge in [-0.3, -0.25) is 4.79 Å². The van der Waals surface area contributed by atoms with Crippen molar-refractivity contribution in [2.24, 2.45) is 7.05 Å². The van der Waals surface area contributed by atoms with E-state index in [1.165, 1.54) is 0 Å². The third-order valence-electron chi connectivity index (χ3n) is 2.98. The third-order valence-corrected chi connectivity index (χ3v) is 2.98. The molecule has 0 aliphatic carbocycles. The van der Waals surface area contributed by atoms with Gasteiger partial charge in [-0.05, 0) is 0 Å². The van der Waals surface area contributed by atoms with Gasteiger partial charge in [-0.2, -0.15) is 0 Å². The van der Waals surface area contributed by atoms with Crippen LogP contribution in [-0.4, -0.2) is 57.7 Å². The SMILES string of the molecule is CN(C(=O)c1nccn1C)[C@H]1CNC[C@@H]1O. The number of likely N-dealkylation sites (N-methyl/N-ethyl adjacent to an activating group) is 1. The molecule has 1 aliphatic heterocycles. The first-order chi connectivity index (χ1) is 7.61. The van der Waals surface area contributed by atoms with E-state index in [-0.39, 0.29) is 11.9 Å². The topological polar surface area (TPSA) is 70.4 Å². The Morgan fingerprint density at radius 2 is 2.44 bits per heavy atom. The van der Waals surface area contributed by atoms with Crippen LogP contribution in [0, 0.1) is 0 Å². The summed E-state index contributed by atoms with van der Waals surface area (Å²) in [6.45, 7) is 1.15. The first-order valence-corrected chi connectivity index (χ1v) is 5.24. The number of rotatable bonds is 2. The largest absolute Gasteiger partial charge is 0.390 e. The molecule has 88 valence electrons. The number of carbonyl (C=O) groups excluding carboxylic acids is 1. The van der Waals surface area contributed by atoms with E-state index in [2.05, 4.69) is 10.3 Å². The van der Waals surface area contributed by atoms with Gasteiger partial charge >= 0.3 is 0 Å². The lowest BCUT2D eigenvalue weighted by molar-refractivity contribution is 0.0567. The highest BCUT2D eigenvalue weighted by Crippen LogP contribution is 2.10. The molecule has 1 aromatic rings. The summed E-state index contributed by atoms with van der Waals surface area (Å²) in [6.07, 6.45) is 2.81. The zero-order valence-electron chi connectivity index (χ0n) is 9.42. The Balaban J connectivity index is 2.13. The van der Waals surface area contributed by atoms with E-state index in [4.69, 9.17) is 0 Å². The maximum absolute atomic E-state index is 12.1. The molecule has 0 unspecified atom stereocenters. The lowest BCUT2D eigenvalue weighted by Crippen LogP contribution is -2.44. The molecule has 0 saturated carbocycles. The monoisotopic (exact) mass is 224 g/mol. The first-order valence-electron chi connectivity index (χ1n) is 5.24. The van der Waals surface area contributed by atoms with Crippen molar-refractivity contribution in [2.45, 2.75) is 12.1 Å². The molecule has 1 amide bonds. The van der Waals surface area contributed by atoms with Crippen LogP contribution in [0.25, 0.3) is 0 Å². The van der Waals surface area contributed by atoms with E-state index >= 15 is 0 Å². The van der Waals surface area contributed by atoms with Crippen LogP contribution in [0.2, 0.25) is 0 Å². The van der Waals surface area contributed by atoms with Crippen LogP contribution in [-0.2, 0) is 7.05 Å². The molecule has 2 atom stereocenters. The van der Waals surface area contributed by atoms with Crippen LogP contribution < -0.4 is 5.32 Å². The van der Waals surface area contributed by atoms with Crippen molar-refractivity contribution in [3.8, 4) is 0 Å². The van der Waals surface area contributed by atoms with Gasteiger partial charge in [0.2, 0.25) is 0 Å². The summed E-state index contributed by atoms with van der Waals surface area (Å²) < 4.78 is 1.67. The summed E-state index contributed by atoms with van der Waals surface area (Å²) in [4.78, 5) is 17.6. The second-order valence-corrected chi connectivity index (χ2v) is 4.07. The number of hydrogen-bond acceptors (Lipinski definition) is 4. The summed E-state index contributed by atoms with van der Waals surface area (Å²) in [5, 5.41) is 12.7. The molecule has 6 nitrogen and oxygen atoms in total. The number of aryl methyl sites for hydroxylation is 1. The Kier molecular flexibility index (Phi) is 2.93. The second kappa shape index (κ2) is 4.23. The molecule has 1 saturated heterocycles. The number of aliphatic hydroxyl groups is 1. The lowest BCUT2D eigenvalue weighted by Gasteiger charge is -2.25. The minimum atomic E-state index is -0.505. The van der Waals surface area contributed by atoms with Crippen LogP contribution in [0.4, 0.5) is 0 Å². The Morgan fingerprint density at radius 1 is 1.69 bits per heavy atom. The molecule has 0 bridgehead atoms. The fourth-order valence-electron chi connectivity index (χ4n) is 1.93. The fourth-order valence-corrected chi connectivity index (χ4v) is 1.93. The van der Waals surface area contributed by atoms with Gasteiger partial charge in [0.15, 0.2) is 5.82 Å². The van der Waals surface area contributed by atoms with E-state index < -0.39 is 6.10 Å². The van der Waals surface area contributed by atoms with Gasteiger partial charge in [0.05, 0.1) is 12.1 Å². The fraction of sp³-hybridized carbons (Fsp3) is 0.600. The van der Waals surface area contributed by atoms with E-state index in [1.807, 2.05) is 0 Å². The Bertz CT molecular complexity index is 390. The van der Waals surface area contributed by atoms with Crippen LogP contribution in [0.5, 0.6) is 0 Å². The highest BCUT2D eigenvalue weighted by molar-refractivity contribution is 5.90. The smallest absolute Gasteiger partial charge is 0.289 e. The van der Waals surface area contributed by atoms with Gasteiger partial charge in [-0.25, -0.2) is 4.98 Å². The van der Waals surface area contributed by atoms with Crippen molar-refractivity contribution in [2.75, 3.05) is 20.1 Å². The van der Waals surface area contributed by atoms with E-state index in [9.17, 15) is 9.90 Å². The number of carbonyl (C=O) groups is 1. The average molecular weight is 224 g/mol. The van der Waals surface area contributed by atoms with Gasteiger partial charge in [0.1, 0.15) is 0 Å². The lowest BCUT2D eigenvalue weighted by atomic mass is 10.2. The van der Waals surface area contributed by atoms with E-state index in [0.717, 1.165) is 0 Å². The summed E-state index contributed by atoms with van der Waals surface area (Å²) in [5.74, 6) is 0.224. The highest BCUT2D eigenvalue weighted by Gasteiger charge is 2.32. The molecule has 2 rings (SSSR count). The van der Waals surface area contributed by atoms with Crippen molar-refractivity contribution < 1.29 is 9.90 Å². The standard InChI is InChI=1S/C10H16N4O2/c1-13-4-3-12-9(13)10(16)14(2)7-5-11-6-8(7)15/h3-4,7-8,11,15H,5-6H2,1-2H3/t7-,8-/m0/s1. The Labute approximate surface area is 93.9 Å². The van der Waals surface area contributed by atoms with Crippen molar-refractivity contribution in [3.05, 3.63) is 18.2 Å². The van der Waals surface area contributed by atoms with Crippen molar-refractivity contribution in [3.63, 3.8) is 0 Å². The quantitative estimate of drug-likeness (QED) is 0.664. The van der Waals surface area contributed by atoms with Crippen molar-refractivity contribution >= 4 is 5.91 Å². The van der Waals surface area contributed by atoms with Crippen LogP contribution in [0.3, 0.4) is 0 Å². The van der Waals surface area contributed by atoms with E-state index in [0.29, 0.717) is 18.9 Å². The number of nitrogens with zero attached hydrogens (tertiary/aromatic N) is 3. The molecule has 1 aliphatic rings. The van der Waals surface area contributed by atoms with Crippen LogP contribution in [0.15, 0.2) is 12.4 Å². The van der Waals surface area contributed by atoms with Gasteiger partial charge in [-0.15, -0.1) is 0 Å². The van der Waals surface area contributed by atoms with Crippen molar-refractivity contribution in [1.82, 2.24) is 19.8 Å². The number of β-amino-alcohol motifs (C(OH)–C–C–N with tert-alkyl or cyclic N) is 1. The predicted octanol–water partition coefficient (Wildman–Crippen LogP) is -1.18. The first kappa shape index (κ1) is 11.1.